The highest BCUT2D eigenvalue weighted by molar-refractivity contribution is 6.32. The fourth-order valence-electron chi connectivity index (χ4n) is 2.50. The molecule has 1 N–H and O–H groups in total. The number of pyridine rings is 1. The van der Waals surface area contributed by atoms with Crippen LogP contribution in [-0.4, -0.2) is 24.0 Å². The van der Waals surface area contributed by atoms with Gasteiger partial charge >= 0.3 is 5.97 Å². The predicted octanol–water partition coefficient (Wildman–Crippen LogP) is 4.28. The van der Waals surface area contributed by atoms with E-state index in [0.717, 1.165) is 0 Å². The Kier molecular flexibility index (Phi) is 6.24. The number of esters is 1. The maximum absolute atomic E-state index is 12.9. The van der Waals surface area contributed by atoms with Crippen molar-refractivity contribution in [1.29, 1.82) is 0 Å². The molecule has 0 saturated carbocycles. The van der Waals surface area contributed by atoms with Crippen LogP contribution in [0.3, 0.4) is 0 Å². The number of aromatic nitrogens is 1. The molecule has 1 atom stereocenters. The summed E-state index contributed by atoms with van der Waals surface area (Å²) in [5.41, 5.74) is 1.10. The van der Waals surface area contributed by atoms with Crippen LogP contribution >= 0.6 is 11.6 Å². The summed E-state index contributed by atoms with van der Waals surface area (Å²) in [6.07, 6.45) is 0.324. The second-order valence-corrected chi connectivity index (χ2v) is 6.16. The zero-order valence-electron chi connectivity index (χ0n) is 15.0. The Morgan fingerprint density at radius 3 is 2.43 bits per heavy atom. The molecule has 1 amide bonds. The van der Waals surface area contributed by atoms with Gasteiger partial charge in [-0.1, -0.05) is 48.0 Å². The normalized spacial score (nSPS) is 11.4. The van der Waals surface area contributed by atoms with Gasteiger partial charge in [-0.15, -0.1) is 0 Å². The summed E-state index contributed by atoms with van der Waals surface area (Å²) in [7, 11) is 1.50. The largest absolute Gasteiger partial charge is 0.495 e. The average molecular weight is 397 g/mol. The third-order valence-electron chi connectivity index (χ3n) is 3.86. The van der Waals surface area contributed by atoms with Gasteiger partial charge in [-0.05, 0) is 30.3 Å². The maximum Gasteiger partial charge on any atom is 0.358 e. The summed E-state index contributed by atoms with van der Waals surface area (Å²) in [5.74, 6) is -0.727. The number of hydrogen-bond acceptors (Lipinski definition) is 5. The molecule has 0 spiro atoms. The van der Waals surface area contributed by atoms with Crippen molar-refractivity contribution in [1.82, 2.24) is 4.98 Å². The number of nitrogens with zero attached hydrogens (tertiary/aromatic N) is 1. The van der Waals surface area contributed by atoms with E-state index in [1.54, 1.807) is 54.6 Å². The Morgan fingerprint density at radius 1 is 1.04 bits per heavy atom. The molecule has 7 heteroatoms. The van der Waals surface area contributed by atoms with Crippen molar-refractivity contribution >= 4 is 29.2 Å². The lowest BCUT2D eigenvalue weighted by Gasteiger charge is -2.18. The van der Waals surface area contributed by atoms with Gasteiger partial charge in [-0.2, -0.15) is 0 Å². The highest BCUT2D eigenvalue weighted by Gasteiger charge is 2.26. The topological polar surface area (TPSA) is 77.5 Å². The van der Waals surface area contributed by atoms with Crippen LogP contribution in [0.15, 0.2) is 72.9 Å². The Labute approximate surface area is 167 Å². The van der Waals surface area contributed by atoms with Crippen LogP contribution in [0.4, 0.5) is 5.69 Å². The summed E-state index contributed by atoms with van der Waals surface area (Å²) < 4.78 is 10.6. The lowest BCUT2D eigenvalue weighted by atomic mass is 10.1. The number of methoxy groups -OCH3 is 1. The minimum Gasteiger partial charge on any atom is -0.495 e. The zero-order valence-corrected chi connectivity index (χ0v) is 15.7. The molecular formula is C21H17ClN2O4. The van der Waals surface area contributed by atoms with Crippen molar-refractivity contribution < 1.29 is 19.1 Å². The summed E-state index contributed by atoms with van der Waals surface area (Å²) in [6, 6.07) is 18.4. The Morgan fingerprint density at radius 2 is 1.79 bits per heavy atom. The number of anilines is 1. The quantitative estimate of drug-likeness (QED) is 0.629. The highest BCUT2D eigenvalue weighted by atomic mass is 35.5. The lowest BCUT2D eigenvalue weighted by Crippen LogP contribution is -2.26. The monoisotopic (exact) mass is 396 g/mol. The van der Waals surface area contributed by atoms with Crippen LogP contribution < -0.4 is 10.1 Å². The van der Waals surface area contributed by atoms with Crippen LogP contribution in [0.2, 0.25) is 5.02 Å². The van der Waals surface area contributed by atoms with Gasteiger partial charge in [0, 0.05) is 17.4 Å². The predicted molar refractivity (Wildman–Crippen MR) is 105 cm³/mol. The van der Waals surface area contributed by atoms with Gasteiger partial charge in [-0.3, -0.25) is 4.79 Å². The molecule has 6 nitrogen and oxygen atoms in total. The van der Waals surface area contributed by atoms with Gasteiger partial charge in [0.2, 0.25) is 6.10 Å². The number of amides is 1. The number of carbonyl (C=O) groups excluding carboxylic acids is 2. The zero-order chi connectivity index (χ0) is 19.9. The highest BCUT2D eigenvalue weighted by Crippen LogP contribution is 2.28. The number of benzene rings is 2. The molecule has 1 aromatic heterocycles. The molecule has 0 aliphatic rings. The molecular weight excluding hydrogens is 380 g/mol. The lowest BCUT2D eigenvalue weighted by molar-refractivity contribution is -0.125. The summed E-state index contributed by atoms with van der Waals surface area (Å²) in [5, 5.41) is 3.06. The standard InChI is InChI=1S/C21H17ClN2O4/c1-27-18-11-10-15(13-16(18)22)24-20(25)19(14-7-3-2-4-8-14)28-21(26)17-9-5-6-12-23-17/h2-13,19H,1H3,(H,24,25)/t19-/m0/s1. The van der Waals surface area contributed by atoms with E-state index >= 15 is 0 Å². The molecule has 0 unspecified atom stereocenters. The number of ether oxygens (including phenoxy) is 2. The SMILES string of the molecule is COc1ccc(NC(=O)[C@@H](OC(=O)c2ccccn2)c2ccccc2)cc1Cl. The first kappa shape index (κ1) is 19.4. The fraction of sp³-hybridized carbons (Fsp3) is 0.0952. The fourth-order valence-corrected chi connectivity index (χ4v) is 2.76. The molecule has 0 aliphatic carbocycles. The molecule has 0 radical (unpaired) electrons. The van der Waals surface area contributed by atoms with Crippen LogP contribution in [0.5, 0.6) is 5.75 Å². The van der Waals surface area contributed by atoms with Gasteiger partial charge < -0.3 is 14.8 Å². The first-order chi connectivity index (χ1) is 13.6. The Hall–Kier alpha value is -3.38. The second kappa shape index (κ2) is 9.01. The summed E-state index contributed by atoms with van der Waals surface area (Å²) in [6.45, 7) is 0. The molecule has 1 heterocycles. The van der Waals surface area contributed by atoms with Gasteiger partial charge in [0.25, 0.3) is 5.91 Å². The molecule has 0 fully saturated rings. The van der Waals surface area contributed by atoms with E-state index in [9.17, 15) is 9.59 Å². The van der Waals surface area contributed by atoms with E-state index in [0.29, 0.717) is 22.0 Å². The molecule has 2 aromatic carbocycles. The maximum atomic E-state index is 12.9. The summed E-state index contributed by atoms with van der Waals surface area (Å²) >= 11 is 6.10. The van der Waals surface area contributed by atoms with E-state index in [1.807, 2.05) is 6.07 Å². The first-order valence-electron chi connectivity index (χ1n) is 8.40. The smallest absolute Gasteiger partial charge is 0.358 e. The molecule has 0 aliphatic heterocycles. The van der Waals surface area contributed by atoms with E-state index < -0.39 is 18.0 Å². The molecule has 28 heavy (non-hydrogen) atoms. The van der Waals surface area contributed by atoms with Crippen molar-refractivity contribution in [2.75, 3.05) is 12.4 Å². The van der Waals surface area contributed by atoms with E-state index in [1.165, 1.54) is 19.4 Å². The van der Waals surface area contributed by atoms with Gasteiger partial charge in [0.1, 0.15) is 11.4 Å². The van der Waals surface area contributed by atoms with Crippen molar-refractivity contribution in [3.05, 3.63) is 89.2 Å². The number of carbonyl (C=O) groups is 2. The van der Waals surface area contributed by atoms with Crippen molar-refractivity contribution in [3.63, 3.8) is 0 Å². The Bertz CT molecular complexity index is 965. The minimum absolute atomic E-state index is 0.115. The van der Waals surface area contributed by atoms with Crippen LogP contribution in [0.25, 0.3) is 0 Å². The molecule has 0 saturated heterocycles. The van der Waals surface area contributed by atoms with Crippen LogP contribution in [0, 0.1) is 0 Å². The average Bonchev–Trinajstić information content (AvgIpc) is 2.73. The van der Waals surface area contributed by atoms with Gasteiger partial charge in [0.05, 0.1) is 12.1 Å². The van der Waals surface area contributed by atoms with Crippen molar-refractivity contribution in [2.45, 2.75) is 6.10 Å². The summed E-state index contributed by atoms with van der Waals surface area (Å²) in [4.78, 5) is 29.2. The molecule has 3 aromatic rings. The number of halogens is 1. The number of hydrogen-bond donors (Lipinski definition) is 1. The number of rotatable bonds is 6. The Balaban J connectivity index is 1.83. The molecule has 142 valence electrons. The van der Waals surface area contributed by atoms with Crippen LogP contribution in [-0.2, 0) is 9.53 Å². The van der Waals surface area contributed by atoms with Crippen LogP contribution in [0.1, 0.15) is 22.2 Å². The van der Waals surface area contributed by atoms with Gasteiger partial charge in [0.15, 0.2) is 0 Å². The second-order valence-electron chi connectivity index (χ2n) is 5.75. The van der Waals surface area contributed by atoms with E-state index in [-0.39, 0.29) is 5.69 Å². The molecule has 3 rings (SSSR count). The minimum atomic E-state index is -1.16. The number of nitrogens with one attached hydrogen (secondary N) is 1. The van der Waals surface area contributed by atoms with E-state index in [2.05, 4.69) is 10.3 Å². The first-order valence-corrected chi connectivity index (χ1v) is 8.77. The van der Waals surface area contributed by atoms with Gasteiger partial charge in [-0.25, -0.2) is 9.78 Å². The third-order valence-corrected chi connectivity index (χ3v) is 4.15. The van der Waals surface area contributed by atoms with Crippen molar-refractivity contribution in [2.24, 2.45) is 0 Å². The third kappa shape index (κ3) is 4.66. The molecule has 0 bridgehead atoms. The van der Waals surface area contributed by atoms with Crippen molar-refractivity contribution in [3.8, 4) is 5.75 Å². The van der Waals surface area contributed by atoms with E-state index in [4.69, 9.17) is 21.1 Å².